The third kappa shape index (κ3) is 3.16. The smallest absolute Gasteiger partial charge is 0.337 e. The van der Waals surface area contributed by atoms with Crippen LogP contribution in [0.4, 0.5) is 11.4 Å². The zero-order chi connectivity index (χ0) is 18.3. The fourth-order valence-electron chi connectivity index (χ4n) is 2.59. The Morgan fingerprint density at radius 1 is 1.28 bits per heavy atom. The van der Waals surface area contributed by atoms with E-state index in [1.165, 1.54) is 29.5 Å². The van der Waals surface area contributed by atoms with Crippen molar-refractivity contribution in [3.05, 3.63) is 51.0 Å². The molecule has 25 heavy (non-hydrogen) atoms. The van der Waals surface area contributed by atoms with Gasteiger partial charge < -0.3 is 16.2 Å². The van der Waals surface area contributed by atoms with E-state index in [0.717, 1.165) is 16.6 Å². The number of carboxylic acids is 1. The number of aryl methyl sites for hydroxylation is 2. The first-order valence-corrected chi connectivity index (χ1v) is 8.47. The lowest BCUT2D eigenvalue weighted by molar-refractivity contribution is 0.0696. The van der Waals surface area contributed by atoms with Crippen molar-refractivity contribution in [3.8, 4) is 0 Å². The molecule has 128 valence electrons. The number of nitrogens with two attached hydrogens (primary N) is 1. The Balaban J connectivity index is 1.98. The van der Waals surface area contributed by atoms with E-state index in [2.05, 4.69) is 10.3 Å². The summed E-state index contributed by atoms with van der Waals surface area (Å²) in [5, 5.41) is 12.6. The van der Waals surface area contributed by atoms with Gasteiger partial charge in [0.05, 0.1) is 16.3 Å². The molecule has 0 atom stereocenters. The van der Waals surface area contributed by atoms with Gasteiger partial charge in [-0.3, -0.25) is 4.79 Å². The third-order valence-corrected chi connectivity index (χ3v) is 5.11. The highest BCUT2D eigenvalue weighted by Crippen LogP contribution is 2.35. The number of fused-ring (bicyclic) bond motifs is 1. The molecule has 0 fully saturated rings. The van der Waals surface area contributed by atoms with Gasteiger partial charge in [0.25, 0.3) is 5.91 Å². The lowest BCUT2D eigenvalue weighted by Crippen LogP contribution is -2.12. The number of pyridine rings is 1. The van der Waals surface area contributed by atoms with Crippen LogP contribution in [-0.2, 0) is 0 Å². The normalized spacial score (nSPS) is 10.8. The number of aromatic nitrogens is 1. The number of carbonyl (C=O) groups is 2. The van der Waals surface area contributed by atoms with Gasteiger partial charge in [0.15, 0.2) is 0 Å². The first kappa shape index (κ1) is 17.2. The van der Waals surface area contributed by atoms with E-state index in [-0.39, 0.29) is 10.6 Å². The number of rotatable bonds is 3. The number of benzene rings is 1. The minimum absolute atomic E-state index is 0.0862. The van der Waals surface area contributed by atoms with Crippen LogP contribution in [0, 0.1) is 13.8 Å². The summed E-state index contributed by atoms with van der Waals surface area (Å²) in [6, 6.07) is 6.17. The average Bonchev–Trinajstić information content (AvgIpc) is 2.85. The van der Waals surface area contributed by atoms with Gasteiger partial charge in [-0.25, -0.2) is 9.78 Å². The van der Waals surface area contributed by atoms with E-state index in [1.807, 2.05) is 19.9 Å². The molecule has 2 aromatic heterocycles. The van der Waals surface area contributed by atoms with Gasteiger partial charge in [-0.1, -0.05) is 11.6 Å². The lowest BCUT2D eigenvalue weighted by atomic mass is 10.1. The van der Waals surface area contributed by atoms with Crippen LogP contribution < -0.4 is 11.1 Å². The molecular formula is C17H14ClN3O3S. The predicted octanol–water partition coefficient (Wildman–Crippen LogP) is 4.10. The number of carboxylic acid groups (broad SMARTS) is 1. The molecule has 2 heterocycles. The maximum absolute atomic E-state index is 12.6. The van der Waals surface area contributed by atoms with Gasteiger partial charge in [-0.05, 0) is 43.7 Å². The number of nitrogens with zero attached hydrogens (tertiary/aromatic N) is 1. The number of thiophene rings is 1. The second kappa shape index (κ2) is 6.34. The summed E-state index contributed by atoms with van der Waals surface area (Å²) >= 11 is 7.04. The van der Waals surface area contributed by atoms with E-state index in [9.17, 15) is 9.59 Å². The predicted molar refractivity (Wildman–Crippen MR) is 99.9 cm³/mol. The minimum atomic E-state index is -1.17. The quantitative estimate of drug-likeness (QED) is 0.639. The van der Waals surface area contributed by atoms with Gasteiger partial charge in [-0.15, -0.1) is 11.3 Å². The maximum atomic E-state index is 12.6. The number of hydrogen-bond donors (Lipinski definition) is 3. The fourth-order valence-corrected chi connectivity index (χ4v) is 3.90. The Bertz CT molecular complexity index is 1030. The second-order valence-corrected chi connectivity index (χ2v) is 6.97. The van der Waals surface area contributed by atoms with Crippen molar-refractivity contribution in [2.45, 2.75) is 13.8 Å². The molecule has 0 saturated heterocycles. The van der Waals surface area contributed by atoms with E-state index in [0.29, 0.717) is 21.1 Å². The van der Waals surface area contributed by atoms with Crippen LogP contribution in [0.2, 0.25) is 5.02 Å². The van der Waals surface area contributed by atoms with Crippen LogP contribution in [0.3, 0.4) is 0 Å². The SMILES string of the molecule is Cc1cc(C)c2c(N)c(C(=O)Nc3ccc(Cl)c(C(=O)O)c3)sc2n1. The topological polar surface area (TPSA) is 105 Å². The Morgan fingerprint density at radius 2 is 2.00 bits per heavy atom. The summed E-state index contributed by atoms with van der Waals surface area (Å²) < 4.78 is 0. The molecule has 6 nitrogen and oxygen atoms in total. The number of amides is 1. The van der Waals surface area contributed by atoms with Crippen LogP contribution in [0.25, 0.3) is 10.2 Å². The summed E-state index contributed by atoms with van der Waals surface area (Å²) in [6.45, 7) is 3.79. The highest BCUT2D eigenvalue weighted by Gasteiger charge is 2.20. The van der Waals surface area contributed by atoms with Crippen molar-refractivity contribution in [2.24, 2.45) is 0 Å². The first-order valence-electron chi connectivity index (χ1n) is 7.28. The van der Waals surface area contributed by atoms with E-state index in [1.54, 1.807) is 0 Å². The standard InChI is InChI=1S/C17H14ClN3O3S/c1-7-5-8(2)20-16-12(7)13(19)14(25-16)15(22)21-9-3-4-11(18)10(6-9)17(23)24/h3-6H,19H2,1-2H3,(H,21,22)(H,23,24). The zero-order valence-electron chi connectivity index (χ0n) is 13.4. The molecule has 1 amide bonds. The van der Waals surface area contributed by atoms with Crippen molar-refractivity contribution in [1.82, 2.24) is 4.98 Å². The van der Waals surface area contributed by atoms with E-state index >= 15 is 0 Å². The largest absolute Gasteiger partial charge is 0.478 e. The molecule has 8 heteroatoms. The van der Waals surface area contributed by atoms with Gasteiger partial charge in [-0.2, -0.15) is 0 Å². The second-order valence-electron chi connectivity index (χ2n) is 5.56. The van der Waals surface area contributed by atoms with Crippen molar-refractivity contribution in [1.29, 1.82) is 0 Å². The number of halogens is 1. The summed E-state index contributed by atoms with van der Waals surface area (Å²) in [7, 11) is 0. The molecule has 0 radical (unpaired) electrons. The molecule has 0 aliphatic carbocycles. The number of aromatic carboxylic acids is 1. The van der Waals surface area contributed by atoms with Crippen LogP contribution in [0.1, 0.15) is 31.3 Å². The van der Waals surface area contributed by atoms with Crippen LogP contribution in [0.5, 0.6) is 0 Å². The van der Waals surface area contributed by atoms with E-state index in [4.69, 9.17) is 22.4 Å². The first-order chi connectivity index (χ1) is 11.8. The Morgan fingerprint density at radius 3 is 2.68 bits per heavy atom. The van der Waals surface area contributed by atoms with Crippen molar-refractivity contribution < 1.29 is 14.7 Å². The van der Waals surface area contributed by atoms with Gasteiger partial charge >= 0.3 is 5.97 Å². The summed E-state index contributed by atoms with van der Waals surface area (Å²) in [6.07, 6.45) is 0. The third-order valence-electron chi connectivity index (χ3n) is 3.69. The van der Waals surface area contributed by atoms with Gasteiger partial charge in [0.1, 0.15) is 9.71 Å². The molecule has 3 aromatic rings. The molecule has 0 spiro atoms. The molecule has 0 saturated carbocycles. The van der Waals surface area contributed by atoms with Crippen molar-refractivity contribution in [2.75, 3.05) is 11.1 Å². The average molecular weight is 376 g/mol. The number of carbonyl (C=O) groups excluding carboxylic acids is 1. The molecular weight excluding hydrogens is 362 g/mol. The number of nitrogen functional groups attached to an aromatic ring is 1. The number of anilines is 2. The molecule has 0 aliphatic heterocycles. The fraction of sp³-hybridized carbons (Fsp3) is 0.118. The zero-order valence-corrected chi connectivity index (χ0v) is 15.0. The molecule has 4 N–H and O–H groups in total. The van der Waals surface area contributed by atoms with Gasteiger partial charge in [0.2, 0.25) is 0 Å². The highest BCUT2D eigenvalue weighted by molar-refractivity contribution is 7.21. The lowest BCUT2D eigenvalue weighted by Gasteiger charge is -2.07. The highest BCUT2D eigenvalue weighted by atomic mass is 35.5. The Kier molecular flexibility index (Phi) is 4.36. The summed E-state index contributed by atoms with van der Waals surface area (Å²) in [5.41, 5.74) is 8.55. The van der Waals surface area contributed by atoms with Crippen LogP contribution >= 0.6 is 22.9 Å². The summed E-state index contributed by atoms with van der Waals surface area (Å²) in [5.74, 6) is -1.59. The Hall–Kier alpha value is -2.64. The van der Waals surface area contributed by atoms with Crippen molar-refractivity contribution in [3.63, 3.8) is 0 Å². The number of nitrogens with one attached hydrogen (secondary N) is 1. The molecule has 0 bridgehead atoms. The molecule has 0 unspecified atom stereocenters. The molecule has 0 aliphatic rings. The Labute approximate surface area is 152 Å². The van der Waals surface area contributed by atoms with Crippen LogP contribution in [0.15, 0.2) is 24.3 Å². The van der Waals surface area contributed by atoms with Gasteiger partial charge in [0, 0.05) is 16.8 Å². The van der Waals surface area contributed by atoms with Crippen molar-refractivity contribution >= 4 is 56.4 Å². The maximum Gasteiger partial charge on any atom is 0.337 e. The monoisotopic (exact) mass is 375 g/mol. The number of hydrogen-bond acceptors (Lipinski definition) is 5. The van der Waals surface area contributed by atoms with Crippen LogP contribution in [-0.4, -0.2) is 22.0 Å². The minimum Gasteiger partial charge on any atom is -0.478 e. The summed E-state index contributed by atoms with van der Waals surface area (Å²) in [4.78, 5) is 29.2. The molecule has 3 rings (SSSR count). The molecule has 1 aromatic carbocycles. The van der Waals surface area contributed by atoms with E-state index < -0.39 is 11.9 Å².